The van der Waals surface area contributed by atoms with Gasteiger partial charge in [-0.15, -0.1) is 0 Å². The van der Waals surface area contributed by atoms with E-state index in [1.54, 1.807) is 18.2 Å². The fourth-order valence-corrected chi connectivity index (χ4v) is 4.04. The van der Waals surface area contributed by atoms with Crippen LogP contribution in [0, 0.1) is 11.8 Å². The van der Waals surface area contributed by atoms with Crippen molar-refractivity contribution in [2.24, 2.45) is 11.8 Å². The van der Waals surface area contributed by atoms with Crippen molar-refractivity contribution in [3.05, 3.63) is 38.7 Å². The maximum atomic E-state index is 12.5. The van der Waals surface area contributed by atoms with Crippen LogP contribution in [0.25, 0.3) is 6.08 Å². The number of hydrogen-bond donors (Lipinski definition) is 2. The zero-order valence-corrected chi connectivity index (χ0v) is 17.9. The molecule has 0 spiro atoms. The van der Waals surface area contributed by atoms with Gasteiger partial charge in [-0.3, -0.25) is 24.1 Å². The minimum Gasteiger partial charge on any atom is -0.353 e. The Hall–Kier alpha value is -2.03. The first-order valence-corrected chi connectivity index (χ1v) is 10.6. The van der Waals surface area contributed by atoms with Crippen LogP contribution in [-0.2, 0) is 14.4 Å². The van der Waals surface area contributed by atoms with Gasteiger partial charge in [0, 0.05) is 19.0 Å². The second-order valence-corrected chi connectivity index (χ2v) is 8.64. The van der Waals surface area contributed by atoms with Crippen LogP contribution >= 0.6 is 35.0 Å². The molecule has 1 aliphatic carbocycles. The van der Waals surface area contributed by atoms with Crippen LogP contribution in [-0.4, -0.2) is 47.5 Å². The molecule has 0 radical (unpaired) electrons. The van der Waals surface area contributed by atoms with Crippen LogP contribution < -0.4 is 10.6 Å². The lowest BCUT2D eigenvalue weighted by Crippen LogP contribution is -2.41. The number of halogens is 2. The van der Waals surface area contributed by atoms with E-state index in [1.165, 1.54) is 6.08 Å². The summed E-state index contributed by atoms with van der Waals surface area (Å²) in [6, 6.07) is 5.02. The van der Waals surface area contributed by atoms with Gasteiger partial charge in [0.2, 0.25) is 11.8 Å². The highest BCUT2D eigenvalue weighted by atomic mass is 35.5. The van der Waals surface area contributed by atoms with Gasteiger partial charge in [-0.2, -0.15) is 0 Å². The van der Waals surface area contributed by atoms with Crippen molar-refractivity contribution in [3.8, 4) is 0 Å². The first kappa shape index (κ1) is 21.7. The number of hydrogen-bond acceptors (Lipinski definition) is 5. The lowest BCUT2D eigenvalue weighted by Gasteiger charge is -2.13. The Morgan fingerprint density at radius 2 is 2.00 bits per heavy atom. The number of amides is 4. The van der Waals surface area contributed by atoms with E-state index in [0.717, 1.165) is 23.1 Å². The van der Waals surface area contributed by atoms with Crippen LogP contribution in [0.5, 0.6) is 0 Å². The molecule has 154 valence electrons. The second kappa shape index (κ2) is 9.19. The lowest BCUT2D eigenvalue weighted by molar-refractivity contribution is -0.127. The molecule has 1 aliphatic heterocycles. The van der Waals surface area contributed by atoms with Crippen LogP contribution in [0.4, 0.5) is 4.79 Å². The van der Waals surface area contributed by atoms with E-state index in [1.807, 2.05) is 6.92 Å². The van der Waals surface area contributed by atoms with Gasteiger partial charge in [0.15, 0.2) is 0 Å². The molecule has 2 fully saturated rings. The Labute approximate surface area is 182 Å². The monoisotopic (exact) mass is 455 g/mol. The van der Waals surface area contributed by atoms with Gasteiger partial charge in [0.25, 0.3) is 11.1 Å². The van der Waals surface area contributed by atoms with Crippen molar-refractivity contribution >= 4 is 64.0 Å². The Kier molecular flexibility index (Phi) is 6.87. The first-order chi connectivity index (χ1) is 13.8. The number of carbonyl (C=O) groups is 4. The predicted molar refractivity (Wildman–Crippen MR) is 112 cm³/mol. The summed E-state index contributed by atoms with van der Waals surface area (Å²) in [7, 11) is 0. The van der Waals surface area contributed by atoms with Crippen molar-refractivity contribution in [1.82, 2.24) is 15.5 Å². The number of benzene rings is 1. The van der Waals surface area contributed by atoms with E-state index in [4.69, 9.17) is 23.2 Å². The largest absolute Gasteiger partial charge is 0.353 e. The summed E-state index contributed by atoms with van der Waals surface area (Å²) >= 11 is 12.9. The molecule has 0 aromatic heterocycles. The molecule has 2 unspecified atom stereocenters. The topological polar surface area (TPSA) is 95.6 Å². The van der Waals surface area contributed by atoms with Gasteiger partial charge in [0.1, 0.15) is 0 Å². The lowest BCUT2D eigenvalue weighted by atomic mass is 10.2. The van der Waals surface area contributed by atoms with E-state index in [2.05, 4.69) is 10.6 Å². The summed E-state index contributed by atoms with van der Waals surface area (Å²) in [6.45, 7) is 1.98. The smallest absolute Gasteiger partial charge is 0.293 e. The third kappa shape index (κ3) is 5.32. The second-order valence-electron chi connectivity index (χ2n) is 6.86. The molecule has 1 saturated heterocycles. The van der Waals surface area contributed by atoms with Crippen LogP contribution in [0.15, 0.2) is 23.1 Å². The normalized spacial score (nSPS) is 22.2. The summed E-state index contributed by atoms with van der Waals surface area (Å²) in [5.74, 6) is -0.589. The molecule has 2 aliphatic rings. The summed E-state index contributed by atoms with van der Waals surface area (Å²) in [4.78, 5) is 49.4. The minimum absolute atomic E-state index is 0.00197. The predicted octanol–water partition coefficient (Wildman–Crippen LogP) is 2.92. The van der Waals surface area contributed by atoms with E-state index in [9.17, 15) is 19.2 Å². The van der Waals surface area contributed by atoms with Crippen LogP contribution in [0.1, 0.15) is 18.9 Å². The van der Waals surface area contributed by atoms with E-state index in [-0.39, 0.29) is 42.3 Å². The molecule has 7 nitrogen and oxygen atoms in total. The zero-order valence-electron chi connectivity index (χ0n) is 15.5. The molecule has 2 atom stereocenters. The van der Waals surface area contributed by atoms with Crippen molar-refractivity contribution in [1.29, 1.82) is 0 Å². The summed E-state index contributed by atoms with van der Waals surface area (Å²) in [5, 5.41) is 5.40. The third-order valence-electron chi connectivity index (χ3n) is 4.67. The average Bonchev–Trinajstić information content (AvgIpc) is 3.36. The van der Waals surface area contributed by atoms with Crippen LogP contribution in [0.3, 0.4) is 0 Å². The fraction of sp³-hybridized carbons (Fsp3) is 0.368. The molecule has 1 heterocycles. The van der Waals surface area contributed by atoms with E-state index < -0.39 is 11.1 Å². The molecule has 10 heteroatoms. The number of thioether (sulfide) groups is 1. The van der Waals surface area contributed by atoms with Crippen molar-refractivity contribution in [2.75, 3.05) is 19.6 Å². The number of imide groups is 1. The molecule has 29 heavy (non-hydrogen) atoms. The summed E-state index contributed by atoms with van der Waals surface area (Å²) < 4.78 is 0. The summed E-state index contributed by atoms with van der Waals surface area (Å²) in [5.41, 5.74) is 0.540. The zero-order chi connectivity index (χ0) is 21.1. The average molecular weight is 456 g/mol. The Balaban J connectivity index is 1.49. The standard InChI is InChI=1S/C19H19Cl2N3O4S/c1-10-7-12(10)17(26)23-9-15(25)22-5-6-24-18(27)14(29-19(24)28)8-11-3-2-4-13(20)16(11)21/h2-4,8,10,12H,5-7,9H2,1H3,(H,22,25)(H,23,26)/b14-8-. The van der Waals surface area contributed by atoms with Gasteiger partial charge in [-0.05, 0) is 41.8 Å². The van der Waals surface area contributed by atoms with Gasteiger partial charge >= 0.3 is 0 Å². The molecule has 1 aromatic rings. The van der Waals surface area contributed by atoms with Crippen molar-refractivity contribution in [3.63, 3.8) is 0 Å². The molecular weight excluding hydrogens is 437 g/mol. The molecular formula is C19H19Cl2N3O4S. The maximum absolute atomic E-state index is 12.5. The number of nitrogens with zero attached hydrogens (tertiary/aromatic N) is 1. The van der Waals surface area contributed by atoms with Crippen molar-refractivity contribution < 1.29 is 19.2 Å². The van der Waals surface area contributed by atoms with Gasteiger partial charge in [0.05, 0.1) is 21.5 Å². The van der Waals surface area contributed by atoms with Crippen molar-refractivity contribution in [2.45, 2.75) is 13.3 Å². The molecule has 2 N–H and O–H groups in total. The third-order valence-corrected chi connectivity index (χ3v) is 6.41. The highest BCUT2D eigenvalue weighted by Crippen LogP contribution is 2.37. The fourth-order valence-electron chi connectivity index (χ4n) is 2.82. The van der Waals surface area contributed by atoms with Gasteiger partial charge in [-0.1, -0.05) is 42.3 Å². The molecule has 1 saturated carbocycles. The number of carbonyl (C=O) groups excluding carboxylic acids is 4. The van der Waals surface area contributed by atoms with E-state index >= 15 is 0 Å². The summed E-state index contributed by atoms with van der Waals surface area (Å²) in [6.07, 6.45) is 2.37. The van der Waals surface area contributed by atoms with E-state index in [0.29, 0.717) is 21.5 Å². The molecule has 0 bridgehead atoms. The van der Waals surface area contributed by atoms with Gasteiger partial charge in [-0.25, -0.2) is 0 Å². The highest BCUT2D eigenvalue weighted by molar-refractivity contribution is 8.18. The Bertz CT molecular complexity index is 905. The maximum Gasteiger partial charge on any atom is 0.293 e. The van der Waals surface area contributed by atoms with Gasteiger partial charge < -0.3 is 10.6 Å². The minimum atomic E-state index is -0.457. The number of rotatable bonds is 7. The SMILES string of the molecule is CC1CC1C(=O)NCC(=O)NCCN1C(=O)S/C(=C\c2cccc(Cl)c2Cl)C1=O. The number of nitrogens with one attached hydrogen (secondary N) is 2. The Morgan fingerprint density at radius 1 is 1.28 bits per heavy atom. The highest BCUT2D eigenvalue weighted by Gasteiger charge is 2.39. The molecule has 4 amide bonds. The first-order valence-electron chi connectivity index (χ1n) is 9.01. The Morgan fingerprint density at radius 3 is 2.69 bits per heavy atom. The quantitative estimate of drug-likeness (QED) is 0.616. The molecule has 3 rings (SSSR count). The molecule has 1 aromatic carbocycles. The van der Waals surface area contributed by atoms with Crippen LogP contribution in [0.2, 0.25) is 10.0 Å².